The van der Waals surface area contributed by atoms with E-state index < -0.39 is 11.6 Å². The lowest BCUT2D eigenvalue weighted by Crippen LogP contribution is -2.52. The van der Waals surface area contributed by atoms with E-state index in [0.29, 0.717) is 39.1 Å². The van der Waals surface area contributed by atoms with Crippen LogP contribution in [0.3, 0.4) is 0 Å². The van der Waals surface area contributed by atoms with Gasteiger partial charge in [0.25, 0.3) is 0 Å². The summed E-state index contributed by atoms with van der Waals surface area (Å²) >= 11 is 0. The molecule has 0 saturated carbocycles. The van der Waals surface area contributed by atoms with Crippen molar-refractivity contribution >= 4 is 11.7 Å². The number of aromatic nitrogens is 1. The zero-order chi connectivity index (χ0) is 17.6. The number of hydrogen-bond acceptors (Lipinski definition) is 3. The molecule has 1 aliphatic rings. The third-order valence-electron chi connectivity index (χ3n) is 4.20. The molecule has 1 aromatic heterocycles. The van der Waals surface area contributed by atoms with Crippen molar-refractivity contribution in [2.45, 2.75) is 6.42 Å². The van der Waals surface area contributed by atoms with Crippen molar-refractivity contribution in [3.8, 4) is 0 Å². The molecule has 1 fully saturated rings. The molecule has 3 rings (SSSR count). The molecule has 1 aromatic carbocycles. The second-order valence-electron chi connectivity index (χ2n) is 5.87. The number of hydrogen-bond donors (Lipinski definition) is 1. The van der Waals surface area contributed by atoms with E-state index in [4.69, 9.17) is 0 Å². The Hall–Kier alpha value is -2.70. The molecule has 5 nitrogen and oxygen atoms in total. The molecule has 1 aliphatic heterocycles. The monoisotopic (exact) mass is 346 g/mol. The molecule has 2 heterocycles. The predicted molar refractivity (Wildman–Crippen MR) is 91.5 cm³/mol. The van der Waals surface area contributed by atoms with Crippen molar-refractivity contribution < 1.29 is 13.6 Å². The van der Waals surface area contributed by atoms with Gasteiger partial charge in [0.1, 0.15) is 11.6 Å². The molecule has 0 spiro atoms. The number of nitrogens with zero attached hydrogens (tertiary/aromatic N) is 3. The number of halogens is 2. The van der Waals surface area contributed by atoms with Crippen LogP contribution in [0.4, 0.5) is 19.3 Å². The minimum Gasteiger partial charge on any atom is -0.366 e. The number of pyridine rings is 1. The maximum absolute atomic E-state index is 13.8. The molecule has 7 heteroatoms. The SMILES string of the molecule is O=C(NCCc1ccccn1)N1CCN(c2cc(F)ccc2F)CC1. The Morgan fingerprint density at radius 1 is 1.12 bits per heavy atom. The summed E-state index contributed by atoms with van der Waals surface area (Å²) < 4.78 is 27.1. The zero-order valence-electron chi connectivity index (χ0n) is 13.8. The van der Waals surface area contributed by atoms with Crippen LogP contribution in [0, 0.1) is 11.6 Å². The smallest absolute Gasteiger partial charge is 0.317 e. The summed E-state index contributed by atoms with van der Waals surface area (Å²) in [7, 11) is 0. The lowest BCUT2D eigenvalue weighted by molar-refractivity contribution is 0.194. The van der Waals surface area contributed by atoms with Gasteiger partial charge in [0, 0.05) is 57.1 Å². The van der Waals surface area contributed by atoms with E-state index >= 15 is 0 Å². The van der Waals surface area contributed by atoms with Gasteiger partial charge < -0.3 is 15.1 Å². The van der Waals surface area contributed by atoms with Crippen molar-refractivity contribution in [2.75, 3.05) is 37.6 Å². The van der Waals surface area contributed by atoms with Crippen LogP contribution in [0.1, 0.15) is 5.69 Å². The molecular weight excluding hydrogens is 326 g/mol. The van der Waals surface area contributed by atoms with Crippen LogP contribution in [-0.4, -0.2) is 48.6 Å². The summed E-state index contributed by atoms with van der Waals surface area (Å²) in [6, 6.07) is 8.95. The van der Waals surface area contributed by atoms with Crippen LogP contribution < -0.4 is 10.2 Å². The average molecular weight is 346 g/mol. The van der Waals surface area contributed by atoms with Gasteiger partial charge in [-0.1, -0.05) is 6.07 Å². The number of carbonyl (C=O) groups excluding carboxylic acids is 1. The third-order valence-corrected chi connectivity index (χ3v) is 4.20. The van der Waals surface area contributed by atoms with Gasteiger partial charge in [-0.25, -0.2) is 13.6 Å². The highest BCUT2D eigenvalue weighted by molar-refractivity contribution is 5.74. The van der Waals surface area contributed by atoms with Crippen LogP contribution >= 0.6 is 0 Å². The highest BCUT2D eigenvalue weighted by atomic mass is 19.1. The fourth-order valence-corrected chi connectivity index (χ4v) is 2.83. The van der Waals surface area contributed by atoms with E-state index in [1.54, 1.807) is 16.0 Å². The Morgan fingerprint density at radius 3 is 2.64 bits per heavy atom. The molecule has 0 bridgehead atoms. The van der Waals surface area contributed by atoms with Gasteiger partial charge in [-0.05, 0) is 24.3 Å². The van der Waals surface area contributed by atoms with E-state index in [1.807, 2.05) is 18.2 Å². The minimum absolute atomic E-state index is 0.143. The zero-order valence-corrected chi connectivity index (χ0v) is 13.8. The van der Waals surface area contributed by atoms with E-state index in [9.17, 15) is 13.6 Å². The number of piperazine rings is 1. The lowest BCUT2D eigenvalue weighted by Gasteiger charge is -2.36. The summed E-state index contributed by atoms with van der Waals surface area (Å²) in [6.45, 7) is 2.37. The Morgan fingerprint density at radius 2 is 1.92 bits per heavy atom. The van der Waals surface area contributed by atoms with Gasteiger partial charge in [-0.15, -0.1) is 0 Å². The maximum atomic E-state index is 13.8. The minimum atomic E-state index is -0.467. The molecule has 0 unspecified atom stereocenters. The van der Waals surface area contributed by atoms with Gasteiger partial charge in [0.15, 0.2) is 0 Å². The molecule has 2 aromatic rings. The lowest BCUT2D eigenvalue weighted by atomic mass is 10.2. The second-order valence-corrected chi connectivity index (χ2v) is 5.87. The summed E-state index contributed by atoms with van der Waals surface area (Å²) in [6.07, 6.45) is 2.39. The van der Waals surface area contributed by atoms with Gasteiger partial charge in [0.2, 0.25) is 0 Å². The van der Waals surface area contributed by atoms with Crippen LogP contribution in [0.2, 0.25) is 0 Å². The van der Waals surface area contributed by atoms with Crippen molar-refractivity contribution in [1.82, 2.24) is 15.2 Å². The number of carbonyl (C=O) groups is 1. The van der Waals surface area contributed by atoms with Crippen LogP contribution in [0.5, 0.6) is 0 Å². The standard InChI is InChI=1S/C18H20F2N4O/c19-14-4-5-16(20)17(13-14)23-9-11-24(12-10-23)18(25)22-8-6-15-3-1-2-7-21-15/h1-5,7,13H,6,8-12H2,(H,22,25). The summed E-state index contributed by atoms with van der Waals surface area (Å²) in [4.78, 5) is 19.9. The number of amides is 2. The number of nitrogens with one attached hydrogen (secondary N) is 1. The van der Waals surface area contributed by atoms with Gasteiger partial charge in [-0.3, -0.25) is 4.98 Å². The summed E-state index contributed by atoms with van der Waals surface area (Å²) in [5.74, 6) is -0.916. The predicted octanol–water partition coefficient (Wildman–Crippen LogP) is 2.43. The molecule has 2 amide bonds. The molecule has 25 heavy (non-hydrogen) atoms. The fourth-order valence-electron chi connectivity index (χ4n) is 2.83. The number of anilines is 1. The first-order valence-electron chi connectivity index (χ1n) is 8.26. The Bertz CT molecular complexity index is 718. The molecule has 0 aliphatic carbocycles. The highest BCUT2D eigenvalue weighted by Gasteiger charge is 2.22. The summed E-state index contributed by atoms with van der Waals surface area (Å²) in [5.41, 5.74) is 1.17. The van der Waals surface area contributed by atoms with Gasteiger partial charge in [0.05, 0.1) is 5.69 Å². The molecular formula is C18H20F2N4O. The Kier molecular flexibility index (Phi) is 5.42. The largest absolute Gasteiger partial charge is 0.366 e. The van der Waals surface area contributed by atoms with Gasteiger partial charge >= 0.3 is 6.03 Å². The Balaban J connectivity index is 1.47. The van der Waals surface area contributed by atoms with Crippen molar-refractivity contribution in [2.24, 2.45) is 0 Å². The molecule has 1 N–H and O–H groups in total. The Labute approximate surface area is 145 Å². The van der Waals surface area contributed by atoms with Crippen molar-refractivity contribution in [3.05, 3.63) is 59.9 Å². The fraction of sp³-hybridized carbons (Fsp3) is 0.333. The quantitative estimate of drug-likeness (QED) is 0.925. The van der Waals surface area contributed by atoms with Gasteiger partial charge in [-0.2, -0.15) is 0 Å². The summed E-state index contributed by atoms with van der Waals surface area (Å²) in [5, 5.41) is 2.87. The first-order chi connectivity index (χ1) is 12.1. The number of rotatable bonds is 4. The highest BCUT2D eigenvalue weighted by Crippen LogP contribution is 2.21. The van der Waals surface area contributed by atoms with Crippen LogP contribution in [0.25, 0.3) is 0 Å². The van der Waals surface area contributed by atoms with E-state index in [2.05, 4.69) is 10.3 Å². The molecule has 0 atom stereocenters. The van der Waals surface area contributed by atoms with E-state index in [0.717, 1.165) is 17.8 Å². The van der Waals surface area contributed by atoms with Crippen molar-refractivity contribution in [1.29, 1.82) is 0 Å². The molecule has 132 valence electrons. The first-order valence-corrected chi connectivity index (χ1v) is 8.26. The second kappa shape index (κ2) is 7.92. The van der Waals surface area contributed by atoms with Crippen molar-refractivity contribution in [3.63, 3.8) is 0 Å². The third kappa shape index (κ3) is 4.43. The number of urea groups is 1. The first kappa shape index (κ1) is 17.1. The molecule has 0 radical (unpaired) electrons. The van der Waals surface area contributed by atoms with E-state index in [-0.39, 0.29) is 11.7 Å². The normalized spacial score (nSPS) is 14.5. The van der Waals surface area contributed by atoms with Crippen LogP contribution in [-0.2, 0) is 6.42 Å². The topological polar surface area (TPSA) is 48.5 Å². The van der Waals surface area contributed by atoms with E-state index in [1.165, 1.54) is 6.07 Å². The average Bonchev–Trinajstić information content (AvgIpc) is 2.65. The number of benzene rings is 1. The van der Waals surface area contributed by atoms with Crippen LogP contribution in [0.15, 0.2) is 42.6 Å². The maximum Gasteiger partial charge on any atom is 0.317 e. The molecule has 1 saturated heterocycles.